The molecule has 5 heteroatoms. The van der Waals surface area contributed by atoms with Gasteiger partial charge in [0.1, 0.15) is 0 Å². The zero-order valence-electron chi connectivity index (χ0n) is 10.4. The maximum atomic E-state index is 5.28. The molecule has 0 aliphatic carbocycles. The van der Waals surface area contributed by atoms with Crippen LogP contribution in [0.1, 0.15) is 26.2 Å². The lowest BCUT2D eigenvalue weighted by molar-refractivity contribution is 0.247. The highest BCUT2D eigenvalue weighted by Gasteiger charge is 2.21. The first kappa shape index (κ1) is 15.2. The van der Waals surface area contributed by atoms with Crippen LogP contribution in [0.5, 0.6) is 0 Å². The van der Waals surface area contributed by atoms with Crippen molar-refractivity contribution in [1.82, 2.24) is 5.32 Å². The first-order chi connectivity index (χ1) is 7.24. The number of unbranched alkanes of at least 4 members (excludes halogenated alkanes) is 1. The van der Waals surface area contributed by atoms with E-state index in [1.165, 1.54) is 12.8 Å². The lowest BCUT2D eigenvalue weighted by Crippen LogP contribution is -2.20. The van der Waals surface area contributed by atoms with Gasteiger partial charge in [-0.2, -0.15) is 0 Å². The van der Waals surface area contributed by atoms with Gasteiger partial charge in [-0.1, -0.05) is 13.3 Å². The van der Waals surface area contributed by atoms with E-state index in [-0.39, 0.29) is 0 Å². The molecule has 0 rings (SSSR count). The monoisotopic (exact) mass is 239 g/mol. The number of hydrogen-bond acceptors (Lipinski definition) is 4. The standard InChI is InChI=1S/C10H25NO3S/c1-5-6-8-11-9-7-10-15(12-2,13-3)14-4/h11H,5-10H2,1-4H3. The number of nitrogens with one attached hydrogen (secondary N) is 1. The minimum Gasteiger partial charge on any atom is -0.317 e. The minimum atomic E-state index is -1.74. The normalized spacial score (nSPS) is 13.1. The van der Waals surface area contributed by atoms with Crippen LogP contribution in [0, 0.1) is 0 Å². The molecule has 1 N–H and O–H groups in total. The molecule has 0 aliphatic heterocycles. The predicted molar refractivity (Wildman–Crippen MR) is 65.9 cm³/mol. The molecule has 0 atom stereocenters. The molecule has 0 amide bonds. The van der Waals surface area contributed by atoms with E-state index >= 15 is 0 Å². The van der Waals surface area contributed by atoms with Gasteiger partial charge >= 0.3 is 0 Å². The molecule has 0 saturated carbocycles. The summed E-state index contributed by atoms with van der Waals surface area (Å²) in [6.07, 6.45) is 3.47. The van der Waals surface area contributed by atoms with Crippen molar-refractivity contribution in [3.8, 4) is 0 Å². The molecular weight excluding hydrogens is 214 g/mol. The molecule has 0 heterocycles. The summed E-state index contributed by atoms with van der Waals surface area (Å²) in [7, 11) is 3.15. The van der Waals surface area contributed by atoms with Crippen molar-refractivity contribution in [1.29, 1.82) is 0 Å². The maximum Gasteiger partial charge on any atom is 0.0879 e. The molecule has 0 spiro atoms. The molecule has 4 nitrogen and oxygen atoms in total. The number of hydrogen-bond donors (Lipinski definition) is 1. The highest BCUT2D eigenvalue weighted by atomic mass is 32.3. The zero-order valence-corrected chi connectivity index (χ0v) is 11.2. The Morgan fingerprint density at radius 2 is 1.47 bits per heavy atom. The summed E-state index contributed by atoms with van der Waals surface area (Å²) in [4.78, 5) is 0. The summed E-state index contributed by atoms with van der Waals surface area (Å²) in [5, 5.41) is 3.38. The van der Waals surface area contributed by atoms with E-state index in [4.69, 9.17) is 12.5 Å². The molecule has 0 aromatic rings. The second-order valence-corrected chi connectivity index (χ2v) is 5.74. The lowest BCUT2D eigenvalue weighted by atomic mass is 10.3. The quantitative estimate of drug-likeness (QED) is 0.594. The predicted octanol–water partition coefficient (Wildman–Crippen LogP) is 2.25. The van der Waals surface area contributed by atoms with E-state index in [9.17, 15) is 0 Å². The van der Waals surface area contributed by atoms with Crippen LogP contribution >= 0.6 is 10.9 Å². The van der Waals surface area contributed by atoms with Gasteiger partial charge in [-0.05, 0) is 25.9 Å². The Morgan fingerprint density at radius 1 is 0.933 bits per heavy atom. The maximum absolute atomic E-state index is 5.28. The molecule has 0 radical (unpaired) electrons. The number of rotatable bonds is 10. The van der Waals surface area contributed by atoms with Gasteiger partial charge in [0.15, 0.2) is 0 Å². The fourth-order valence-corrected chi connectivity index (χ4v) is 2.66. The Morgan fingerprint density at radius 3 is 1.93 bits per heavy atom. The van der Waals surface area contributed by atoms with Crippen molar-refractivity contribution in [3.05, 3.63) is 0 Å². The van der Waals surface area contributed by atoms with Crippen molar-refractivity contribution < 1.29 is 12.5 Å². The van der Waals surface area contributed by atoms with Gasteiger partial charge in [-0.15, -0.1) is 0 Å². The van der Waals surface area contributed by atoms with E-state index in [1.807, 2.05) is 0 Å². The molecule has 0 fully saturated rings. The largest absolute Gasteiger partial charge is 0.317 e. The Kier molecular flexibility index (Phi) is 9.54. The van der Waals surface area contributed by atoms with Gasteiger partial charge in [-0.3, -0.25) is 12.5 Å². The fourth-order valence-electron chi connectivity index (χ4n) is 1.25. The van der Waals surface area contributed by atoms with Crippen LogP contribution in [0.4, 0.5) is 0 Å². The van der Waals surface area contributed by atoms with Crippen molar-refractivity contribution in [3.63, 3.8) is 0 Å². The second kappa shape index (κ2) is 9.42. The third-order valence-corrected chi connectivity index (χ3v) is 4.53. The third kappa shape index (κ3) is 6.37. The molecule has 94 valence electrons. The van der Waals surface area contributed by atoms with Crippen LogP contribution in [0.2, 0.25) is 0 Å². The molecule has 0 unspecified atom stereocenters. The van der Waals surface area contributed by atoms with Crippen LogP contribution in [-0.2, 0) is 12.5 Å². The van der Waals surface area contributed by atoms with Crippen LogP contribution in [0.15, 0.2) is 0 Å². The van der Waals surface area contributed by atoms with Gasteiger partial charge in [0.2, 0.25) is 0 Å². The van der Waals surface area contributed by atoms with Gasteiger partial charge in [-0.25, -0.2) is 0 Å². The first-order valence-corrected chi connectivity index (χ1v) is 7.00. The second-order valence-electron chi connectivity index (χ2n) is 3.22. The Labute approximate surface area is 95.6 Å². The fraction of sp³-hybridized carbons (Fsp3) is 1.00. The molecule has 0 aromatic carbocycles. The molecule has 0 aromatic heterocycles. The van der Waals surface area contributed by atoms with Crippen molar-refractivity contribution in [2.24, 2.45) is 0 Å². The highest BCUT2D eigenvalue weighted by Crippen LogP contribution is 2.49. The molecule has 0 saturated heterocycles. The van der Waals surface area contributed by atoms with E-state index in [1.54, 1.807) is 21.3 Å². The highest BCUT2D eigenvalue weighted by molar-refractivity contribution is 8.21. The van der Waals surface area contributed by atoms with Gasteiger partial charge in [0.05, 0.1) is 32.2 Å². The lowest BCUT2D eigenvalue weighted by Gasteiger charge is -2.33. The van der Waals surface area contributed by atoms with Crippen LogP contribution in [0.3, 0.4) is 0 Å². The van der Waals surface area contributed by atoms with Gasteiger partial charge < -0.3 is 5.32 Å². The third-order valence-electron chi connectivity index (χ3n) is 2.22. The molecule has 15 heavy (non-hydrogen) atoms. The van der Waals surface area contributed by atoms with E-state index in [0.29, 0.717) is 0 Å². The topological polar surface area (TPSA) is 39.7 Å². The Balaban J connectivity index is 3.54. The molecular formula is C10H25NO3S. The van der Waals surface area contributed by atoms with E-state index in [0.717, 1.165) is 25.3 Å². The summed E-state index contributed by atoms with van der Waals surface area (Å²) in [6.45, 7) is 4.27. The van der Waals surface area contributed by atoms with Gasteiger partial charge in [0, 0.05) is 5.75 Å². The van der Waals surface area contributed by atoms with Gasteiger partial charge in [0.25, 0.3) is 0 Å². The van der Waals surface area contributed by atoms with Crippen molar-refractivity contribution >= 4 is 10.9 Å². The summed E-state index contributed by atoms with van der Waals surface area (Å²) >= 11 is 0. The van der Waals surface area contributed by atoms with Crippen molar-refractivity contribution in [2.45, 2.75) is 26.2 Å². The summed E-state index contributed by atoms with van der Waals surface area (Å²) in [5.74, 6) is 0.815. The average molecular weight is 239 g/mol. The van der Waals surface area contributed by atoms with Crippen LogP contribution < -0.4 is 5.32 Å². The summed E-state index contributed by atoms with van der Waals surface area (Å²) in [5.41, 5.74) is 0. The van der Waals surface area contributed by atoms with Crippen molar-refractivity contribution in [2.75, 3.05) is 40.2 Å². The Bertz CT molecular complexity index is 134. The van der Waals surface area contributed by atoms with E-state index < -0.39 is 10.9 Å². The SMILES string of the molecule is CCCCNCCCS(OC)(OC)OC. The smallest absolute Gasteiger partial charge is 0.0879 e. The summed E-state index contributed by atoms with van der Waals surface area (Å²) < 4.78 is 15.8. The molecule has 0 aliphatic rings. The first-order valence-electron chi connectivity index (χ1n) is 5.43. The van der Waals surface area contributed by atoms with Crippen LogP contribution in [0.25, 0.3) is 0 Å². The molecule has 0 bridgehead atoms. The van der Waals surface area contributed by atoms with Crippen LogP contribution in [-0.4, -0.2) is 40.2 Å². The minimum absolute atomic E-state index is 0.815. The van der Waals surface area contributed by atoms with E-state index in [2.05, 4.69) is 12.2 Å². The summed E-state index contributed by atoms with van der Waals surface area (Å²) in [6, 6.07) is 0. The Hall–Kier alpha value is 0.190. The zero-order chi connectivity index (χ0) is 11.6. The average Bonchev–Trinajstić information content (AvgIpc) is 2.29.